The molecule has 0 radical (unpaired) electrons. The number of primary amides is 1. The van der Waals surface area contributed by atoms with Crippen molar-refractivity contribution < 1.29 is 4.79 Å². The summed E-state index contributed by atoms with van der Waals surface area (Å²) in [4.78, 5) is 11.2. The summed E-state index contributed by atoms with van der Waals surface area (Å²) in [5.74, 6) is -0.0347. The Morgan fingerprint density at radius 2 is 2.00 bits per heavy atom. The topological polar surface area (TPSA) is 55.1 Å². The minimum Gasteiger partial charge on any atom is -0.384 e. The number of amides is 1. The smallest absolute Gasteiger partial charge is 0.220 e. The highest BCUT2D eigenvalue weighted by Crippen LogP contribution is 2.47. The predicted octanol–water partition coefficient (Wildman–Crippen LogP) is 2.03. The van der Waals surface area contributed by atoms with E-state index in [1.54, 1.807) is 0 Å². The van der Waals surface area contributed by atoms with Gasteiger partial charge < -0.3 is 11.1 Å². The Hall–Kier alpha value is -1.51. The SMILES string of the molecule is NC(=O)C1CCC2(CC1)CNc1ccccc12. The van der Waals surface area contributed by atoms with Crippen LogP contribution in [0.2, 0.25) is 0 Å². The van der Waals surface area contributed by atoms with Crippen molar-refractivity contribution in [3.8, 4) is 0 Å². The molecular formula is C14H18N2O. The van der Waals surface area contributed by atoms with Gasteiger partial charge in [-0.1, -0.05) is 18.2 Å². The number of nitrogens with one attached hydrogen (secondary N) is 1. The zero-order valence-corrected chi connectivity index (χ0v) is 9.91. The maximum absolute atomic E-state index is 11.2. The number of rotatable bonds is 1. The van der Waals surface area contributed by atoms with Gasteiger partial charge in [-0.15, -0.1) is 0 Å². The Bertz CT molecular complexity index is 447. The summed E-state index contributed by atoms with van der Waals surface area (Å²) in [6, 6.07) is 8.54. The van der Waals surface area contributed by atoms with Gasteiger partial charge in [0.1, 0.15) is 0 Å². The van der Waals surface area contributed by atoms with Crippen LogP contribution in [0.15, 0.2) is 24.3 Å². The molecular weight excluding hydrogens is 212 g/mol. The molecule has 1 aliphatic heterocycles. The Morgan fingerprint density at radius 3 is 2.71 bits per heavy atom. The second-order valence-electron chi connectivity index (χ2n) is 5.36. The van der Waals surface area contributed by atoms with Crippen molar-refractivity contribution in [1.29, 1.82) is 0 Å². The summed E-state index contributed by atoms with van der Waals surface area (Å²) < 4.78 is 0. The van der Waals surface area contributed by atoms with Crippen molar-refractivity contribution in [2.75, 3.05) is 11.9 Å². The van der Waals surface area contributed by atoms with Crippen LogP contribution in [0.4, 0.5) is 5.69 Å². The fraction of sp³-hybridized carbons (Fsp3) is 0.500. The number of carbonyl (C=O) groups is 1. The summed E-state index contributed by atoms with van der Waals surface area (Å²) in [6.45, 7) is 1.01. The first-order valence-electron chi connectivity index (χ1n) is 6.34. The first-order chi connectivity index (χ1) is 8.21. The molecule has 1 aliphatic carbocycles. The number of para-hydroxylation sites is 1. The van der Waals surface area contributed by atoms with Gasteiger partial charge in [0.25, 0.3) is 0 Å². The van der Waals surface area contributed by atoms with Crippen molar-refractivity contribution >= 4 is 11.6 Å². The lowest BCUT2D eigenvalue weighted by Gasteiger charge is -2.36. The van der Waals surface area contributed by atoms with Crippen LogP contribution < -0.4 is 11.1 Å². The Balaban J connectivity index is 1.85. The maximum atomic E-state index is 11.2. The van der Waals surface area contributed by atoms with Gasteiger partial charge in [0.05, 0.1) is 0 Å². The summed E-state index contributed by atoms with van der Waals surface area (Å²) >= 11 is 0. The molecule has 1 heterocycles. The second kappa shape index (κ2) is 3.76. The number of benzene rings is 1. The van der Waals surface area contributed by atoms with Gasteiger partial charge in [0, 0.05) is 23.6 Å². The standard InChI is InChI=1S/C14H18N2O/c15-13(17)10-5-7-14(8-6-10)9-16-12-4-2-1-3-11(12)14/h1-4,10,16H,5-9H2,(H2,15,17). The molecule has 0 atom stereocenters. The van der Waals surface area contributed by atoms with Crippen LogP contribution in [-0.2, 0) is 10.2 Å². The molecule has 3 nitrogen and oxygen atoms in total. The van der Waals surface area contributed by atoms with Crippen LogP contribution in [-0.4, -0.2) is 12.5 Å². The van der Waals surface area contributed by atoms with Crippen LogP contribution in [0.3, 0.4) is 0 Å². The molecule has 0 saturated heterocycles. The third-order valence-corrected chi connectivity index (χ3v) is 4.46. The third kappa shape index (κ3) is 1.61. The van der Waals surface area contributed by atoms with Crippen molar-refractivity contribution in [3.05, 3.63) is 29.8 Å². The Morgan fingerprint density at radius 1 is 1.29 bits per heavy atom. The quantitative estimate of drug-likeness (QED) is 0.775. The van der Waals surface area contributed by atoms with Gasteiger partial charge >= 0.3 is 0 Å². The monoisotopic (exact) mass is 230 g/mol. The molecule has 1 aromatic rings. The van der Waals surface area contributed by atoms with Crippen LogP contribution in [0.1, 0.15) is 31.2 Å². The van der Waals surface area contributed by atoms with E-state index in [4.69, 9.17) is 5.73 Å². The van der Waals surface area contributed by atoms with Crippen LogP contribution in [0.5, 0.6) is 0 Å². The molecule has 1 amide bonds. The van der Waals surface area contributed by atoms with Crippen LogP contribution in [0, 0.1) is 5.92 Å². The average Bonchev–Trinajstić information content (AvgIpc) is 2.70. The molecule has 0 unspecified atom stereocenters. The molecule has 90 valence electrons. The predicted molar refractivity (Wildman–Crippen MR) is 67.8 cm³/mol. The van der Waals surface area contributed by atoms with Gasteiger partial charge in [-0.2, -0.15) is 0 Å². The number of hydrogen-bond acceptors (Lipinski definition) is 2. The number of carbonyl (C=O) groups excluding carboxylic acids is 1. The first-order valence-corrected chi connectivity index (χ1v) is 6.34. The van der Waals surface area contributed by atoms with E-state index >= 15 is 0 Å². The Labute approximate surface area is 101 Å². The molecule has 3 N–H and O–H groups in total. The summed E-state index contributed by atoms with van der Waals surface area (Å²) in [5, 5.41) is 3.49. The number of nitrogens with two attached hydrogens (primary N) is 1. The lowest BCUT2D eigenvalue weighted by atomic mass is 9.67. The molecule has 1 spiro atoms. The van der Waals surface area contributed by atoms with Gasteiger partial charge in [-0.3, -0.25) is 4.79 Å². The highest BCUT2D eigenvalue weighted by Gasteiger charge is 2.42. The van der Waals surface area contributed by atoms with Crippen LogP contribution >= 0.6 is 0 Å². The third-order valence-electron chi connectivity index (χ3n) is 4.46. The van der Waals surface area contributed by atoms with E-state index in [0.717, 1.165) is 32.2 Å². The first kappa shape index (κ1) is 10.6. The number of anilines is 1. The van der Waals surface area contributed by atoms with Crippen molar-refractivity contribution in [2.24, 2.45) is 11.7 Å². The van der Waals surface area contributed by atoms with E-state index in [1.807, 2.05) is 0 Å². The molecule has 2 aliphatic rings. The molecule has 0 bridgehead atoms. The van der Waals surface area contributed by atoms with Crippen LogP contribution in [0.25, 0.3) is 0 Å². The summed E-state index contributed by atoms with van der Waals surface area (Å²) in [5.41, 5.74) is 8.35. The molecule has 1 fully saturated rings. The minimum absolute atomic E-state index is 0.0911. The van der Waals surface area contributed by atoms with Gasteiger partial charge in [-0.05, 0) is 37.3 Å². The van der Waals surface area contributed by atoms with Crippen molar-refractivity contribution in [1.82, 2.24) is 0 Å². The van der Waals surface area contributed by atoms with E-state index < -0.39 is 0 Å². The van der Waals surface area contributed by atoms with E-state index in [-0.39, 0.29) is 17.2 Å². The highest BCUT2D eigenvalue weighted by molar-refractivity contribution is 5.77. The number of fused-ring (bicyclic) bond motifs is 2. The van der Waals surface area contributed by atoms with Gasteiger partial charge in [-0.25, -0.2) is 0 Å². The largest absolute Gasteiger partial charge is 0.384 e. The van der Waals surface area contributed by atoms with E-state index in [0.29, 0.717) is 0 Å². The summed E-state index contributed by atoms with van der Waals surface area (Å²) in [6.07, 6.45) is 4.02. The molecule has 3 heteroatoms. The van der Waals surface area contributed by atoms with E-state index in [9.17, 15) is 4.79 Å². The second-order valence-corrected chi connectivity index (χ2v) is 5.36. The zero-order valence-electron chi connectivity index (χ0n) is 9.91. The fourth-order valence-corrected chi connectivity index (χ4v) is 3.36. The minimum atomic E-state index is -0.126. The van der Waals surface area contributed by atoms with E-state index in [1.165, 1.54) is 11.3 Å². The fourth-order valence-electron chi connectivity index (χ4n) is 3.36. The Kier molecular flexibility index (Phi) is 2.35. The average molecular weight is 230 g/mol. The van der Waals surface area contributed by atoms with Gasteiger partial charge in [0.2, 0.25) is 5.91 Å². The molecule has 3 rings (SSSR count). The molecule has 0 aromatic heterocycles. The molecule has 1 saturated carbocycles. The molecule has 17 heavy (non-hydrogen) atoms. The normalized spacial score (nSPS) is 30.9. The summed E-state index contributed by atoms with van der Waals surface area (Å²) in [7, 11) is 0. The highest BCUT2D eigenvalue weighted by atomic mass is 16.1. The van der Waals surface area contributed by atoms with E-state index in [2.05, 4.69) is 29.6 Å². The maximum Gasteiger partial charge on any atom is 0.220 e. The van der Waals surface area contributed by atoms with Crippen molar-refractivity contribution in [3.63, 3.8) is 0 Å². The zero-order chi connectivity index (χ0) is 11.9. The number of hydrogen-bond donors (Lipinski definition) is 2. The van der Waals surface area contributed by atoms with Crippen molar-refractivity contribution in [2.45, 2.75) is 31.1 Å². The lowest BCUT2D eigenvalue weighted by molar-refractivity contribution is -0.123. The lowest BCUT2D eigenvalue weighted by Crippen LogP contribution is -2.37. The molecule has 1 aromatic carbocycles. The van der Waals surface area contributed by atoms with Gasteiger partial charge in [0.15, 0.2) is 0 Å².